The molecule has 7 nitrogen and oxygen atoms in total. The number of anilines is 3. The van der Waals surface area contributed by atoms with Crippen LogP contribution >= 0.6 is 15.9 Å². The van der Waals surface area contributed by atoms with Crippen molar-refractivity contribution in [1.82, 2.24) is 15.0 Å². The van der Waals surface area contributed by atoms with Crippen LogP contribution in [-0.4, -0.2) is 32.6 Å². The minimum absolute atomic E-state index is 0.0931. The molecule has 1 aromatic carbocycles. The molecule has 0 bridgehead atoms. The molecule has 3 rings (SSSR count). The first-order valence-corrected chi connectivity index (χ1v) is 8.29. The van der Waals surface area contributed by atoms with E-state index in [0.29, 0.717) is 21.7 Å². The average molecular weight is 418 g/mol. The topological polar surface area (TPSA) is 100 Å². The van der Waals surface area contributed by atoms with Crippen molar-refractivity contribution < 1.29 is 14.3 Å². The molecule has 132 valence electrons. The third-order valence-corrected chi connectivity index (χ3v) is 3.74. The summed E-state index contributed by atoms with van der Waals surface area (Å²) in [5.41, 5.74) is 1.27. The number of carbonyl (C=O) groups is 1. The fourth-order valence-corrected chi connectivity index (χ4v) is 2.45. The van der Waals surface area contributed by atoms with Gasteiger partial charge in [0.05, 0.1) is 17.1 Å². The fraction of sp³-hybridized carbons (Fsp3) is 0.0588. The Morgan fingerprint density at radius 1 is 1.15 bits per heavy atom. The summed E-state index contributed by atoms with van der Waals surface area (Å²) < 4.78 is 14.7. The Balaban J connectivity index is 1.97. The monoisotopic (exact) mass is 417 g/mol. The van der Waals surface area contributed by atoms with Crippen LogP contribution in [0.15, 0.2) is 53.1 Å². The van der Waals surface area contributed by atoms with Crippen LogP contribution in [0.4, 0.5) is 21.8 Å². The van der Waals surface area contributed by atoms with Gasteiger partial charge in [0, 0.05) is 16.7 Å². The SMILES string of the molecule is O=C(O)CNc1nc(Nc2ccc(Br)cc2F)cc(-c2ccccn2)n1. The fourth-order valence-electron chi connectivity index (χ4n) is 2.12. The number of nitrogens with one attached hydrogen (secondary N) is 2. The molecule has 0 aliphatic heterocycles. The van der Waals surface area contributed by atoms with Gasteiger partial charge in [-0.25, -0.2) is 9.37 Å². The van der Waals surface area contributed by atoms with Crippen LogP contribution in [0, 0.1) is 5.82 Å². The first-order valence-electron chi connectivity index (χ1n) is 7.49. The van der Waals surface area contributed by atoms with Crippen LogP contribution in [-0.2, 0) is 4.79 Å². The minimum Gasteiger partial charge on any atom is -0.480 e. The van der Waals surface area contributed by atoms with E-state index in [4.69, 9.17) is 5.11 Å². The lowest BCUT2D eigenvalue weighted by Crippen LogP contribution is -2.15. The van der Waals surface area contributed by atoms with E-state index in [0.717, 1.165) is 0 Å². The van der Waals surface area contributed by atoms with Crippen molar-refractivity contribution in [3.8, 4) is 11.4 Å². The number of aromatic nitrogens is 3. The lowest BCUT2D eigenvalue weighted by atomic mass is 10.2. The summed E-state index contributed by atoms with van der Waals surface area (Å²) in [7, 11) is 0. The molecule has 3 N–H and O–H groups in total. The molecule has 0 atom stereocenters. The highest BCUT2D eigenvalue weighted by Crippen LogP contribution is 2.25. The van der Waals surface area contributed by atoms with Crippen LogP contribution < -0.4 is 10.6 Å². The molecule has 0 radical (unpaired) electrons. The Morgan fingerprint density at radius 3 is 2.69 bits per heavy atom. The van der Waals surface area contributed by atoms with Gasteiger partial charge in [-0.1, -0.05) is 22.0 Å². The molecule has 0 unspecified atom stereocenters. The van der Waals surface area contributed by atoms with Gasteiger partial charge in [-0.2, -0.15) is 4.98 Å². The molecule has 2 aromatic heterocycles. The molecule has 0 spiro atoms. The van der Waals surface area contributed by atoms with E-state index in [2.05, 4.69) is 41.5 Å². The number of halogens is 2. The summed E-state index contributed by atoms with van der Waals surface area (Å²) in [5, 5.41) is 14.3. The minimum atomic E-state index is -1.05. The number of benzene rings is 1. The van der Waals surface area contributed by atoms with E-state index in [9.17, 15) is 9.18 Å². The second kappa shape index (κ2) is 7.87. The normalized spacial score (nSPS) is 10.4. The maximum Gasteiger partial charge on any atom is 0.322 e. The Hall–Kier alpha value is -3.07. The average Bonchev–Trinajstić information content (AvgIpc) is 2.63. The number of carboxylic acid groups (broad SMARTS) is 1. The number of rotatable bonds is 6. The summed E-state index contributed by atoms with van der Waals surface area (Å²) >= 11 is 3.20. The van der Waals surface area contributed by atoms with E-state index >= 15 is 0 Å². The van der Waals surface area contributed by atoms with Crippen molar-refractivity contribution in [2.75, 3.05) is 17.2 Å². The number of hydrogen-bond donors (Lipinski definition) is 3. The van der Waals surface area contributed by atoms with Gasteiger partial charge < -0.3 is 15.7 Å². The zero-order valence-corrected chi connectivity index (χ0v) is 14.9. The number of pyridine rings is 1. The summed E-state index contributed by atoms with van der Waals surface area (Å²) in [6.45, 7) is -0.349. The third-order valence-electron chi connectivity index (χ3n) is 3.25. The van der Waals surface area contributed by atoms with E-state index in [1.807, 2.05) is 0 Å². The van der Waals surface area contributed by atoms with Gasteiger partial charge in [0.1, 0.15) is 18.2 Å². The predicted molar refractivity (Wildman–Crippen MR) is 98.8 cm³/mol. The Kier molecular flexibility index (Phi) is 5.37. The second-order valence-electron chi connectivity index (χ2n) is 5.17. The van der Waals surface area contributed by atoms with E-state index in [1.165, 1.54) is 6.07 Å². The van der Waals surface area contributed by atoms with Crippen LogP contribution in [0.25, 0.3) is 11.4 Å². The van der Waals surface area contributed by atoms with Crippen LogP contribution in [0.2, 0.25) is 0 Å². The van der Waals surface area contributed by atoms with Gasteiger partial charge in [-0.15, -0.1) is 0 Å². The molecule has 0 fully saturated rings. The predicted octanol–water partition coefficient (Wildman–Crippen LogP) is 3.68. The first kappa shape index (κ1) is 17.7. The maximum absolute atomic E-state index is 14.1. The number of aliphatic carboxylic acids is 1. The van der Waals surface area contributed by atoms with Crippen LogP contribution in [0.5, 0.6) is 0 Å². The van der Waals surface area contributed by atoms with Gasteiger partial charge in [0.2, 0.25) is 5.95 Å². The number of nitrogens with zero attached hydrogens (tertiary/aromatic N) is 3. The van der Waals surface area contributed by atoms with Crippen molar-refractivity contribution in [1.29, 1.82) is 0 Å². The highest BCUT2D eigenvalue weighted by Gasteiger charge is 2.11. The molecule has 3 aromatic rings. The smallest absolute Gasteiger partial charge is 0.322 e. The molecular formula is C17H13BrFN5O2. The van der Waals surface area contributed by atoms with Crippen molar-refractivity contribution in [2.45, 2.75) is 0 Å². The summed E-state index contributed by atoms with van der Waals surface area (Å²) in [6.07, 6.45) is 1.61. The molecule has 9 heteroatoms. The molecule has 0 amide bonds. The zero-order valence-electron chi connectivity index (χ0n) is 13.3. The summed E-state index contributed by atoms with van der Waals surface area (Å²) in [4.78, 5) is 23.5. The number of carboxylic acids is 1. The standard InChI is InChI=1S/C17H13BrFN5O2/c18-10-4-5-12(11(19)7-10)22-15-8-14(13-3-1-2-6-20-13)23-17(24-15)21-9-16(25)26/h1-8H,9H2,(H,25,26)(H2,21,22,23,24). The molecule has 0 saturated heterocycles. The molecule has 2 heterocycles. The quantitative estimate of drug-likeness (QED) is 0.562. The molecule has 26 heavy (non-hydrogen) atoms. The van der Waals surface area contributed by atoms with E-state index < -0.39 is 11.8 Å². The van der Waals surface area contributed by atoms with Gasteiger partial charge in [-0.05, 0) is 30.3 Å². The molecule has 0 saturated carbocycles. The van der Waals surface area contributed by atoms with Crippen LogP contribution in [0.1, 0.15) is 0 Å². The highest BCUT2D eigenvalue weighted by molar-refractivity contribution is 9.10. The van der Waals surface area contributed by atoms with Gasteiger partial charge in [0.25, 0.3) is 0 Å². The van der Waals surface area contributed by atoms with Gasteiger partial charge in [-0.3, -0.25) is 9.78 Å². The Bertz CT molecular complexity index is 940. The zero-order chi connectivity index (χ0) is 18.5. The van der Waals surface area contributed by atoms with E-state index in [-0.39, 0.29) is 18.2 Å². The summed E-state index contributed by atoms with van der Waals surface area (Å²) in [5.74, 6) is -1.12. The van der Waals surface area contributed by atoms with E-state index in [1.54, 1.807) is 42.6 Å². The Morgan fingerprint density at radius 2 is 2.00 bits per heavy atom. The second-order valence-corrected chi connectivity index (χ2v) is 6.09. The van der Waals surface area contributed by atoms with Crippen molar-refractivity contribution in [3.05, 3.63) is 59.0 Å². The Labute approximate surface area is 156 Å². The molecule has 0 aliphatic rings. The van der Waals surface area contributed by atoms with Crippen molar-refractivity contribution in [2.24, 2.45) is 0 Å². The maximum atomic E-state index is 14.1. The van der Waals surface area contributed by atoms with Crippen molar-refractivity contribution >= 4 is 39.4 Å². The molecule has 0 aliphatic carbocycles. The van der Waals surface area contributed by atoms with Gasteiger partial charge >= 0.3 is 5.97 Å². The van der Waals surface area contributed by atoms with Crippen LogP contribution in [0.3, 0.4) is 0 Å². The first-order chi connectivity index (χ1) is 12.5. The lowest BCUT2D eigenvalue weighted by Gasteiger charge is -2.11. The largest absolute Gasteiger partial charge is 0.480 e. The lowest BCUT2D eigenvalue weighted by molar-refractivity contribution is -0.134. The highest BCUT2D eigenvalue weighted by atomic mass is 79.9. The van der Waals surface area contributed by atoms with Crippen molar-refractivity contribution in [3.63, 3.8) is 0 Å². The third kappa shape index (κ3) is 4.51. The molecular weight excluding hydrogens is 405 g/mol. The summed E-state index contributed by atoms with van der Waals surface area (Å²) in [6, 6.07) is 11.5. The van der Waals surface area contributed by atoms with Gasteiger partial charge in [0.15, 0.2) is 0 Å². The number of hydrogen-bond acceptors (Lipinski definition) is 6.